The van der Waals surface area contributed by atoms with Gasteiger partial charge in [0.15, 0.2) is 22.3 Å². The van der Waals surface area contributed by atoms with Crippen molar-refractivity contribution in [2.24, 2.45) is 5.92 Å². The van der Waals surface area contributed by atoms with Gasteiger partial charge in [-0.15, -0.1) is 11.3 Å². The molecule has 0 aliphatic carbocycles. The van der Waals surface area contributed by atoms with Gasteiger partial charge in [-0.05, 0) is 6.92 Å². The topological polar surface area (TPSA) is 116 Å². The average Bonchev–Trinajstić information content (AvgIpc) is 3.39. The van der Waals surface area contributed by atoms with Crippen LogP contribution in [0.25, 0.3) is 0 Å². The van der Waals surface area contributed by atoms with Gasteiger partial charge in [-0.3, -0.25) is 9.59 Å². The zero-order chi connectivity index (χ0) is 22.5. The van der Waals surface area contributed by atoms with Crippen LogP contribution < -0.4 is 24.4 Å². The summed E-state index contributed by atoms with van der Waals surface area (Å²) in [5.41, 5.74) is 0.664. The third-order valence-corrected chi connectivity index (χ3v) is 5.43. The fourth-order valence-electron chi connectivity index (χ4n) is 3.19. The van der Waals surface area contributed by atoms with Gasteiger partial charge in [-0.1, -0.05) is 0 Å². The molecule has 166 valence electrons. The number of nitrogens with zero attached hydrogens (tertiary/aromatic N) is 2. The van der Waals surface area contributed by atoms with E-state index in [0.717, 1.165) is 11.3 Å². The number of nitrogens with one attached hydrogen (secondary N) is 1. The van der Waals surface area contributed by atoms with E-state index < -0.39 is 11.9 Å². The van der Waals surface area contributed by atoms with Crippen molar-refractivity contribution in [3.63, 3.8) is 0 Å². The molecule has 11 heteroatoms. The van der Waals surface area contributed by atoms with Crippen molar-refractivity contribution in [2.45, 2.75) is 13.3 Å². The number of hydrogen-bond donors (Lipinski definition) is 1. The van der Waals surface area contributed by atoms with Gasteiger partial charge in [0, 0.05) is 30.5 Å². The number of amides is 2. The largest absolute Gasteiger partial charge is 0.493 e. The van der Waals surface area contributed by atoms with Gasteiger partial charge < -0.3 is 29.2 Å². The smallest absolute Gasteiger partial charge is 0.357 e. The first kappa shape index (κ1) is 22.3. The first-order valence-electron chi connectivity index (χ1n) is 9.45. The standard InChI is InChI=1S/C20H23N3O7S/c1-5-30-19(26)13-10-31-20(21-13)22-18(25)11-6-16(24)23(9-11)12-7-14(27-2)17(29-4)15(8-12)28-3/h7-8,10-11H,5-6,9H2,1-4H3,(H,21,22,25). The van der Waals surface area contributed by atoms with E-state index >= 15 is 0 Å². The predicted octanol–water partition coefficient (Wildman–Crippen LogP) is 2.34. The minimum absolute atomic E-state index is 0.0403. The Morgan fingerprint density at radius 1 is 1.19 bits per heavy atom. The number of anilines is 2. The molecule has 1 atom stereocenters. The highest BCUT2D eigenvalue weighted by atomic mass is 32.1. The second kappa shape index (κ2) is 9.65. The molecule has 0 saturated carbocycles. The van der Waals surface area contributed by atoms with Crippen molar-refractivity contribution in [3.05, 3.63) is 23.2 Å². The average molecular weight is 449 g/mol. The number of methoxy groups -OCH3 is 3. The van der Waals surface area contributed by atoms with Crippen LogP contribution in [0.5, 0.6) is 17.2 Å². The second-order valence-corrected chi connectivity index (χ2v) is 7.39. The molecule has 2 aromatic rings. The lowest BCUT2D eigenvalue weighted by Gasteiger charge is -2.20. The Hall–Kier alpha value is -3.34. The quantitative estimate of drug-likeness (QED) is 0.611. The van der Waals surface area contributed by atoms with Crippen LogP contribution >= 0.6 is 11.3 Å². The molecule has 31 heavy (non-hydrogen) atoms. The predicted molar refractivity (Wildman–Crippen MR) is 113 cm³/mol. The lowest BCUT2D eigenvalue weighted by molar-refractivity contribution is -0.122. The molecular formula is C20H23N3O7S. The minimum atomic E-state index is -0.582. The molecule has 2 heterocycles. The number of carbonyl (C=O) groups excluding carboxylic acids is 3. The maximum absolute atomic E-state index is 12.7. The summed E-state index contributed by atoms with van der Waals surface area (Å²) < 4.78 is 20.9. The number of aromatic nitrogens is 1. The molecule has 1 aliphatic rings. The molecular weight excluding hydrogens is 426 g/mol. The van der Waals surface area contributed by atoms with E-state index in [1.807, 2.05) is 0 Å². The van der Waals surface area contributed by atoms with Crippen LogP contribution in [-0.2, 0) is 14.3 Å². The Morgan fingerprint density at radius 2 is 1.87 bits per heavy atom. The lowest BCUT2D eigenvalue weighted by Crippen LogP contribution is -2.28. The molecule has 0 spiro atoms. The lowest BCUT2D eigenvalue weighted by atomic mass is 10.1. The van der Waals surface area contributed by atoms with Crippen molar-refractivity contribution in [2.75, 3.05) is 44.7 Å². The molecule has 1 fully saturated rings. The summed E-state index contributed by atoms with van der Waals surface area (Å²) in [5, 5.41) is 4.45. The zero-order valence-corrected chi connectivity index (χ0v) is 18.4. The first-order chi connectivity index (χ1) is 14.9. The third-order valence-electron chi connectivity index (χ3n) is 4.68. The highest BCUT2D eigenvalue weighted by molar-refractivity contribution is 7.14. The summed E-state index contributed by atoms with van der Waals surface area (Å²) in [6.07, 6.45) is 0.0403. The molecule has 1 aliphatic heterocycles. The van der Waals surface area contributed by atoms with Crippen molar-refractivity contribution < 1.29 is 33.3 Å². The SMILES string of the molecule is CCOC(=O)c1csc(NC(=O)C2CC(=O)N(c3cc(OC)c(OC)c(OC)c3)C2)n1. The Kier molecular flexibility index (Phi) is 6.95. The van der Waals surface area contributed by atoms with Gasteiger partial charge in [0.05, 0.1) is 39.5 Å². The van der Waals surface area contributed by atoms with Crippen LogP contribution in [0.3, 0.4) is 0 Å². The van der Waals surface area contributed by atoms with E-state index in [0.29, 0.717) is 22.9 Å². The number of benzene rings is 1. The number of carbonyl (C=O) groups is 3. The number of esters is 1. The summed E-state index contributed by atoms with van der Waals surface area (Å²) >= 11 is 1.11. The van der Waals surface area contributed by atoms with Crippen LogP contribution in [0.2, 0.25) is 0 Å². The van der Waals surface area contributed by atoms with Crippen molar-refractivity contribution >= 4 is 39.9 Å². The van der Waals surface area contributed by atoms with Gasteiger partial charge >= 0.3 is 5.97 Å². The van der Waals surface area contributed by atoms with Crippen LogP contribution in [0, 0.1) is 5.92 Å². The summed E-state index contributed by atoms with van der Waals surface area (Å²) in [5.74, 6) is -0.464. The Labute approximate surface area is 183 Å². The van der Waals surface area contributed by atoms with Crippen LogP contribution in [0.1, 0.15) is 23.8 Å². The van der Waals surface area contributed by atoms with E-state index in [-0.39, 0.29) is 42.2 Å². The van der Waals surface area contributed by atoms with Gasteiger partial charge in [-0.25, -0.2) is 9.78 Å². The van der Waals surface area contributed by atoms with Crippen LogP contribution in [-0.4, -0.2) is 57.2 Å². The van der Waals surface area contributed by atoms with Gasteiger partial charge in [0.1, 0.15) is 0 Å². The fraction of sp³-hybridized carbons (Fsp3) is 0.400. The highest BCUT2D eigenvalue weighted by Crippen LogP contribution is 2.42. The normalized spacial score (nSPS) is 15.5. The second-order valence-electron chi connectivity index (χ2n) is 6.54. The maximum atomic E-state index is 12.7. The molecule has 2 amide bonds. The number of ether oxygens (including phenoxy) is 4. The molecule has 3 rings (SSSR count). The zero-order valence-electron chi connectivity index (χ0n) is 17.6. The Morgan fingerprint density at radius 3 is 2.45 bits per heavy atom. The summed E-state index contributed by atoms with van der Waals surface area (Å²) in [4.78, 5) is 42.6. The summed E-state index contributed by atoms with van der Waals surface area (Å²) in [7, 11) is 4.47. The van der Waals surface area contributed by atoms with Gasteiger partial charge in [0.2, 0.25) is 17.6 Å². The monoisotopic (exact) mass is 449 g/mol. The number of thiazole rings is 1. The van der Waals surface area contributed by atoms with Crippen LogP contribution in [0.15, 0.2) is 17.5 Å². The van der Waals surface area contributed by atoms with Gasteiger partial charge in [0.25, 0.3) is 0 Å². The molecule has 10 nitrogen and oxygen atoms in total. The molecule has 0 bridgehead atoms. The number of rotatable bonds is 8. The van der Waals surface area contributed by atoms with Crippen molar-refractivity contribution in [1.82, 2.24) is 4.98 Å². The van der Waals surface area contributed by atoms with Crippen LogP contribution in [0.4, 0.5) is 10.8 Å². The van der Waals surface area contributed by atoms with E-state index in [2.05, 4.69) is 10.3 Å². The molecule has 1 N–H and O–H groups in total. The highest BCUT2D eigenvalue weighted by Gasteiger charge is 2.36. The fourth-order valence-corrected chi connectivity index (χ4v) is 3.88. The van der Waals surface area contributed by atoms with E-state index in [1.165, 1.54) is 31.6 Å². The minimum Gasteiger partial charge on any atom is -0.493 e. The molecule has 0 radical (unpaired) electrons. The summed E-state index contributed by atoms with van der Waals surface area (Å²) in [6.45, 7) is 2.11. The Bertz CT molecular complexity index is 966. The van der Waals surface area contributed by atoms with Crippen molar-refractivity contribution in [1.29, 1.82) is 0 Å². The van der Waals surface area contributed by atoms with E-state index in [9.17, 15) is 14.4 Å². The molecule has 1 aromatic carbocycles. The first-order valence-corrected chi connectivity index (χ1v) is 10.3. The third kappa shape index (κ3) is 4.71. The molecule has 1 unspecified atom stereocenters. The maximum Gasteiger partial charge on any atom is 0.357 e. The number of hydrogen-bond acceptors (Lipinski definition) is 9. The summed E-state index contributed by atoms with van der Waals surface area (Å²) in [6, 6.07) is 3.32. The molecule has 1 saturated heterocycles. The Balaban J connectivity index is 1.73. The van der Waals surface area contributed by atoms with E-state index in [4.69, 9.17) is 18.9 Å². The van der Waals surface area contributed by atoms with Crippen molar-refractivity contribution in [3.8, 4) is 17.2 Å². The molecule has 1 aromatic heterocycles. The van der Waals surface area contributed by atoms with Gasteiger partial charge in [-0.2, -0.15) is 0 Å². The van der Waals surface area contributed by atoms with E-state index in [1.54, 1.807) is 19.1 Å².